The lowest BCUT2D eigenvalue weighted by molar-refractivity contribution is -0.114. The Morgan fingerprint density at radius 3 is 1.33 bits per heavy atom. The molecule has 76 valence electrons. The van der Waals surface area contributed by atoms with Gasteiger partial charge in [0.15, 0.2) is 0 Å². The molecule has 0 heterocycles. The third kappa shape index (κ3) is 177. The highest BCUT2D eigenvalue weighted by atomic mass is 35.5. The predicted octanol–water partition coefficient (Wildman–Crippen LogP) is 2.63. The molecule has 0 aliphatic carbocycles. The lowest BCUT2D eigenvalue weighted by Crippen LogP contribution is -2.09. The molecule has 2 nitrogen and oxygen atoms in total. The van der Waals surface area contributed by atoms with Crippen LogP contribution in [0.2, 0.25) is 0 Å². The van der Waals surface area contributed by atoms with Gasteiger partial charge in [-0.05, 0) is 26.9 Å². The van der Waals surface area contributed by atoms with E-state index in [1.807, 2.05) is 0 Å². The lowest BCUT2D eigenvalue weighted by atomic mass is 10.6. The summed E-state index contributed by atoms with van der Waals surface area (Å²) in [5, 5.41) is 3.31. The predicted molar refractivity (Wildman–Crippen MR) is 57.1 cm³/mol. The first-order valence-electron chi connectivity index (χ1n) is 3.86. The van der Waals surface area contributed by atoms with Crippen LogP contribution in [0.3, 0.4) is 0 Å². The van der Waals surface area contributed by atoms with Gasteiger partial charge in [-0.1, -0.05) is 13.8 Å². The normalized spacial score (nSPS) is 7.17. The molecule has 0 amide bonds. The standard InChI is InChI=1S/C4H11N.C3H6O.CH2Cl2/c1-3-5-4-2;1-3(2)4;2-1-3/h5H,3-4H2,1-2H3;1-2H3;1H2. The van der Waals surface area contributed by atoms with E-state index in [0.717, 1.165) is 13.1 Å². The Morgan fingerprint density at radius 2 is 1.33 bits per heavy atom. The molecule has 0 aliphatic heterocycles. The van der Waals surface area contributed by atoms with Gasteiger partial charge < -0.3 is 10.1 Å². The molecule has 12 heavy (non-hydrogen) atoms. The van der Waals surface area contributed by atoms with Crippen LogP contribution < -0.4 is 5.32 Å². The number of rotatable bonds is 2. The van der Waals surface area contributed by atoms with Crippen molar-refractivity contribution in [1.29, 1.82) is 0 Å². The van der Waals surface area contributed by atoms with Crippen molar-refractivity contribution in [3.63, 3.8) is 0 Å². The number of carbonyl (C=O) groups is 1. The molecule has 0 spiro atoms. The van der Waals surface area contributed by atoms with Gasteiger partial charge in [-0.15, -0.1) is 23.2 Å². The van der Waals surface area contributed by atoms with E-state index in [1.165, 1.54) is 13.8 Å². The Bertz CT molecular complexity index is 73.5. The first-order valence-corrected chi connectivity index (χ1v) is 4.93. The second-order valence-corrected chi connectivity index (χ2v) is 2.77. The van der Waals surface area contributed by atoms with Crippen LogP contribution in [0, 0.1) is 0 Å². The molecule has 0 fully saturated rings. The number of carbonyl (C=O) groups excluding carboxylic acids is 1. The average molecular weight is 216 g/mol. The molecule has 0 aliphatic rings. The van der Waals surface area contributed by atoms with Crippen molar-refractivity contribution in [2.75, 3.05) is 18.4 Å². The van der Waals surface area contributed by atoms with Crippen molar-refractivity contribution in [2.24, 2.45) is 0 Å². The molecule has 0 aromatic rings. The van der Waals surface area contributed by atoms with Crippen molar-refractivity contribution < 1.29 is 4.79 Å². The first-order chi connectivity index (χ1) is 5.56. The smallest absolute Gasteiger partial charge is 0.126 e. The second-order valence-electron chi connectivity index (χ2n) is 1.97. The van der Waals surface area contributed by atoms with Gasteiger partial charge in [0, 0.05) is 0 Å². The van der Waals surface area contributed by atoms with Gasteiger partial charge in [0.05, 0.1) is 5.34 Å². The van der Waals surface area contributed by atoms with Crippen LogP contribution in [0.4, 0.5) is 0 Å². The Hall–Kier alpha value is 0.210. The van der Waals surface area contributed by atoms with Gasteiger partial charge in [-0.3, -0.25) is 0 Å². The number of halogens is 2. The summed E-state index contributed by atoms with van der Waals surface area (Å²) in [6.07, 6.45) is 0. The highest BCUT2D eigenvalue weighted by molar-refractivity contribution is 6.40. The van der Waals surface area contributed by atoms with E-state index in [2.05, 4.69) is 19.2 Å². The topological polar surface area (TPSA) is 29.1 Å². The Morgan fingerprint density at radius 1 is 1.17 bits per heavy atom. The van der Waals surface area contributed by atoms with Crippen LogP contribution in [0.25, 0.3) is 0 Å². The maximum atomic E-state index is 9.44. The molecule has 0 unspecified atom stereocenters. The van der Waals surface area contributed by atoms with Gasteiger partial charge in [-0.2, -0.15) is 0 Å². The molecule has 0 atom stereocenters. The monoisotopic (exact) mass is 215 g/mol. The van der Waals surface area contributed by atoms with Crippen molar-refractivity contribution in [1.82, 2.24) is 5.32 Å². The van der Waals surface area contributed by atoms with Crippen LogP contribution >= 0.6 is 23.2 Å². The molecule has 0 aromatic carbocycles. The molecular formula is C8H19Cl2NO. The van der Waals surface area contributed by atoms with Crippen molar-refractivity contribution in [2.45, 2.75) is 27.7 Å². The molecule has 1 N–H and O–H groups in total. The Kier molecular flexibility index (Phi) is 33.9. The zero-order valence-electron chi connectivity index (χ0n) is 8.29. The van der Waals surface area contributed by atoms with Crippen LogP contribution in [-0.2, 0) is 4.79 Å². The fraction of sp³-hybridized carbons (Fsp3) is 0.875. The van der Waals surface area contributed by atoms with E-state index in [-0.39, 0.29) is 11.1 Å². The molecule has 0 saturated carbocycles. The number of hydrogen-bond donors (Lipinski definition) is 1. The van der Waals surface area contributed by atoms with E-state index in [4.69, 9.17) is 23.2 Å². The van der Waals surface area contributed by atoms with E-state index in [0.29, 0.717) is 0 Å². The molecule has 0 radical (unpaired) electrons. The third-order valence-corrected chi connectivity index (χ3v) is 0.500. The van der Waals surface area contributed by atoms with Crippen LogP contribution in [-0.4, -0.2) is 24.2 Å². The number of hydrogen-bond acceptors (Lipinski definition) is 2. The zero-order chi connectivity index (χ0) is 10.4. The van der Waals surface area contributed by atoms with E-state index in [9.17, 15) is 4.79 Å². The zero-order valence-corrected chi connectivity index (χ0v) is 9.80. The van der Waals surface area contributed by atoms with Gasteiger partial charge in [0.2, 0.25) is 0 Å². The summed E-state index contributed by atoms with van der Waals surface area (Å²) in [5.41, 5.74) is 0. The molecule has 0 aromatic heterocycles. The van der Waals surface area contributed by atoms with E-state index in [1.54, 1.807) is 0 Å². The van der Waals surface area contributed by atoms with Crippen molar-refractivity contribution >= 4 is 29.0 Å². The summed E-state index contributed by atoms with van der Waals surface area (Å²) in [6.45, 7) is 9.44. The molecule has 4 heteroatoms. The van der Waals surface area contributed by atoms with E-state index >= 15 is 0 Å². The minimum Gasteiger partial charge on any atom is -0.317 e. The minimum absolute atomic E-state index is 0.167. The van der Waals surface area contributed by atoms with Crippen LogP contribution in [0.1, 0.15) is 27.7 Å². The Balaban J connectivity index is -0.000000105. The quantitative estimate of drug-likeness (QED) is 0.719. The largest absolute Gasteiger partial charge is 0.317 e. The summed E-state index contributed by atoms with van der Waals surface area (Å²) in [7, 11) is 0. The maximum absolute atomic E-state index is 9.44. The number of nitrogens with one attached hydrogen (secondary N) is 1. The summed E-state index contributed by atoms with van der Waals surface area (Å²) < 4.78 is 0. The second kappa shape index (κ2) is 22.5. The Labute approximate surface area is 85.6 Å². The van der Waals surface area contributed by atoms with Crippen LogP contribution in [0.5, 0.6) is 0 Å². The van der Waals surface area contributed by atoms with E-state index < -0.39 is 0 Å². The average Bonchev–Trinajstić information content (AvgIpc) is 1.89. The van der Waals surface area contributed by atoms with Crippen molar-refractivity contribution in [3.8, 4) is 0 Å². The third-order valence-electron chi connectivity index (χ3n) is 0.500. The van der Waals surface area contributed by atoms with Gasteiger partial charge >= 0.3 is 0 Å². The summed E-state index contributed by atoms with van der Waals surface area (Å²) >= 11 is 9.53. The number of Topliss-reactive ketones (excluding diaryl/α,β-unsaturated/α-hetero) is 1. The minimum atomic E-state index is 0.167. The SMILES string of the molecule is CC(C)=O.CCNCC.ClCCl. The summed E-state index contributed by atoms with van der Waals surface area (Å²) in [4.78, 5) is 9.44. The lowest BCUT2D eigenvalue weighted by Gasteiger charge is -1.86. The number of alkyl halides is 2. The highest BCUT2D eigenvalue weighted by Crippen LogP contribution is 1.73. The molecule has 0 bridgehead atoms. The molecule has 0 saturated heterocycles. The highest BCUT2D eigenvalue weighted by Gasteiger charge is 1.63. The van der Waals surface area contributed by atoms with Crippen LogP contribution in [0.15, 0.2) is 0 Å². The molecule has 0 rings (SSSR count). The summed E-state index contributed by atoms with van der Waals surface area (Å²) in [5.74, 6) is 0.167. The first kappa shape index (κ1) is 18.1. The van der Waals surface area contributed by atoms with Gasteiger partial charge in [0.1, 0.15) is 5.78 Å². The van der Waals surface area contributed by atoms with Gasteiger partial charge in [0.25, 0.3) is 0 Å². The number of ketones is 1. The maximum Gasteiger partial charge on any atom is 0.126 e. The summed E-state index contributed by atoms with van der Waals surface area (Å²) in [6, 6.07) is 0. The van der Waals surface area contributed by atoms with Crippen molar-refractivity contribution in [3.05, 3.63) is 0 Å². The molecular weight excluding hydrogens is 197 g/mol. The fourth-order valence-electron chi connectivity index (χ4n) is 0.250. The fourth-order valence-corrected chi connectivity index (χ4v) is 0.250. The van der Waals surface area contributed by atoms with Gasteiger partial charge in [-0.25, -0.2) is 0 Å².